The van der Waals surface area contributed by atoms with Gasteiger partial charge in [0.15, 0.2) is 0 Å². The smallest absolute Gasteiger partial charge is 0.240 e. The van der Waals surface area contributed by atoms with Crippen molar-refractivity contribution in [3.05, 3.63) is 17.3 Å². The number of amides is 1. The minimum absolute atomic E-state index is 0.225. The Morgan fingerprint density at radius 1 is 1.39 bits per heavy atom. The van der Waals surface area contributed by atoms with Gasteiger partial charge in [-0.3, -0.25) is 4.79 Å². The lowest BCUT2D eigenvalue weighted by Crippen LogP contribution is -2.45. The van der Waals surface area contributed by atoms with Crippen molar-refractivity contribution < 1.29 is 4.79 Å². The van der Waals surface area contributed by atoms with E-state index < -0.39 is 0 Å². The third-order valence-electron chi connectivity index (χ3n) is 5.37. The predicted molar refractivity (Wildman–Crippen MR) is 92.6 cm³/mol. The van der Waals surface area contributed by atoms with Gasteiger partial charge in [0, 0.05) is 10.9 Å². The van der Waals surface area contributed by atoms with Crippen LogP contribution in [0.2, 0.25) is 0 Å². The fourth-order valence-electron chi connectivity index (χ4n) is 4.29. The van der Waals surface area contributed by atoms with Gasteiger partial charge in [-0.2, -0.15) is 0 Å². The molecule has 2 N–H and O–H groups in total. The molecular weight excluding hydrogens is 308 g/mol. The first-order valence-corrected chi connectivity index (χ1v) is 9.31. The highest BCUT2D eigenvalue weighted by molar-refractivity contribution is 7.18. The van der Waals surface area contributed by atoms with Crippen LogP contribution in [-0.2, 0) is 11.2 Å². The Morgan fingerprint density at radius 2 is 2.22 bits per heavy atom. The number of nitrogens with two attached hydrogens (primary N) is 1. The molecule has 2 aliphatic rings. The van der Waals surface area contributed by atoms with Gasteiger partial charge in [-0.1, -0.05) is 19.8 Å². The topological polar surface area (TPSA) is 72.1 Å². The first-order chi connectivity index (χ1) is 11.2. The highest BCUT2D eigenvalue weighted by Crippen LogP contribution is 2.44. The van der Waals surface area contributed by atoms with Crippen LogP contribution in [0.25, 0.3) is 10.2 Å². The molecule has 0 spiro atoms. The zero-order valence-electron chi connectivity index (χ0n) is 13.4. The molecule has 2 aromatic heterocycles. The number of aryl methyl sites for hydroxylation is 1. The first kappa shape index (κ1) is 14.9. The summed E-state index contributed by atoms with van der Waals surface area (Å²) in [5.74, 6) is 1.25. The van der Waals surface area contributed by atoms with Gasteiger partial charge in [0.1, 0.15) is 23.0 Å². The zero-order chi connectivity index (χ0) is 16.0. The maximum absolute atomic E-state index is 12.1. The summed E-state index contributed by atoms with van der Waals surface area (Å²) in [5.41, 5.74) is 5.73. The van der Waals surface area contributed by atoms with Crippen LogP contribution in [0.4, 0.5) is 5.82 Å². The monoisotopic (exact) mass is 330 g/mol. The van der Waals surface area contributed by atoms with Gasteiger partial charge in [-0.25, -0.2) is 9.97 Å². The fraction of sp³-hybridized carbons (Fsp3) is 0.588. The molecule has 0 unspecified atom stereocenters. The van der Waals surface area contributed by atoms with Crippen LogP contribution in [0.15, 0.2) is 12.4 Å². The van der Waals surface area contributed by atoms with Crippen molar-refractivity contribution in [2.75, 3.05) is 4.90 Å². The van der Waals surface area contributed by atoms with E-state index in [0.29, 0.717) is 12.0 Å². The molecule has 6 heteroatoms. The molecule has 5 nitrogen and oxygen atoms in total. The minimum atomic E-state index is -0.230. The lowest BCUT2D eigenvalue weighted by Gasteiger charge is -2.34. The molecule has 122 valence electrons. The average molecular weight is 330 g/mol. The van der Waals surface area contributed by atoms with Crippen LogP contribution in [-0.4, -0.2) is 28.0 Å². The third kappa shape index (κ3) is 2.40. The molecule has 1 saturated heterocycles. The molecule has 0 aromatic carbocycles. The van der Waals surface area contributed by atoms with Gasteiger partial charge in [-0.05, 0) is 37.7 Å². The molecule has 1 saturated carbocycles. The summed E-state index contributed by atoms with van der Waals surface area (Å²) in [6, 6.07) is 2.35. The number of fused-ring (bicyclic) bond motifs is 2. The van der Waals surface area contributed by atoms with Crippen molar-refractivity contribution >= 4 is 33.3 Å². The summed E-state index contributed by atoms with van der Waals surface area (Å²) in [4.78, 5) is 25.6. The SMILES string of the molecule is CCc1cc2c(N3[C@H](C(N)=O)C[C@H]4CCCC[C@@H]43)ncnc2s1. The molecule has 1 amide bonds. The Hall–Kier alpha value is -1.69. The number of rotatable bonds is 3. The first-order valence-electron chi connectivity index (χ1n) is 8.50. The van der Waals surface area contributed by atoms with Gasteiger partial charge in [-0.15, -0.1) is 11.3 Å². The quantitative estimate of drug-likeness (QED) is 0.939. The molecule has 3 heterocycles. The van der Waals surface area contributed by atoms with E-state index in [1.807, 2.05) is 0 Å². The van der Waals surface area contributed by atoms with Crippen molar-refractivity contribution in [1.29, 1.82) is 0 Å². The highest BCUT2D eigenvalue weighted by atomic mass is 32.1. The van der Waals surface area contributed by atoms with E-state index in [-0.39, 0.29) is 11.9 Å². The third-order valence-corrected chi connectivity index (χ3v) is 6.56. The van der Waals surface area contributed by atoms with Crippen molar-refractivity contribution in [3.8, 4) is 0 Å². The number of nitrogens with zero attached hydrogens (tertiary/aromatic N) is 3. The van der Waals surface area contributed by atoms with Crippen LogP contribution >= 0.6 is 11.3 Å². The Kier molecular flexibility index (Phi) is 3.71. The van der Waals surface area contributed by atoms with Crippen LogP contribution in [0.5, 0.6) is 0 Å². The summed E-state index contributed by atoms with van der Waals surface area (Å²) in [6.45, 7) is 2.15. The average Bonchev–Trinajstić information content (AvgIpc) is 3.15. The highest BCUT2D eigenvalue weighted by Gasteiger charge is 2.45. The van der Waals surface area contributed by atoms with Crippen molar-refractivity contribution in [1.82, 2.24) is 9.97 Å². The largest absolute Gasteiger partial charge is 0.368 e. The Labute approximate surface area is 139 Å². The number of carbonyl (C=O) groups is 1. The van der Waals surface area contributed by atoms with E-state index in [0.717, 1.165) is 35.3 Å². The Morgan fingerprint density at radius 3 is 3.00 bits per heavy atom. The zero-order valence-corrected chi connectivity index (χ0v) is 14.2. The number of anilines is 1. The van der Waals surface area contributed by atoms with Crippen molar-refractivity contribution in [2.45, 2.75) is 57.5 Å². The second-order valence-corrected chi connectivity index (χ2v) is 7.77. The minimum Gasteiger partial charge on any atom is -0.368 e. The summed E-state index contributed by atoms with van der Waals surface area (Å²) < 4.78 is 0. The van der Waals surface area contributed by atoms with E-state index in [9.17, 15) is 4.79 Å². The second kappa shape index (κ2) is 5.74. The standard InChI is InChI=1S/C17H22N4OS/c1-2-11-8-12-16(19-9-20-17(12)23-11)21-13-6-4-3-5-10(13)7-14(21)15(18)22/h8-10,13-14H,2-7H2,1H3,(H2,18,22)/t10-,13+,14+/m1/s1. The number of aromatic nitrogens is 2. The fourth-order valence-corrected chi connectivity index (χ4v) is 5.22. The summed E-state index contributed by atoms with van der Waals surface area (Å²) in [6.07, 6.45) is 8.30. The maximum Gasteiger partial charge on any atom is 0.240 e. The molecule has 2 aromatic rings. The normalized spacial score (nSPS) is 27.3. The number of primary amides is 1. The molecule has 0 radical (unpaired) electrons. The Bertz CT molecular complexity index is 743. The van der Waals surface area contributed by atoms with Gasteiger partial charge < -0.3 is 10.6 Å². The lowest BCUT2D eigenvalue weighted by molar-refractivity contribution is -0.119. The van der Waals surface area contributed by atoms with Gasteiger partial charge in [0.05, 0.1) is 5.39 Å². The van der Waals surface area contributed by atoms with Crippen molar-refractivity contribution in [3.63, 3.8) is 0 Å². The second-order valence-electron chi connectivity index (χ2n) is 6.66. The maximum atomic E-state index is 12.1. The van der Waals surface area contributed by atoms with Gasteiger partial charge in [0.2, 0.25) is 5.91 Å². The summed E-state index contributed by atoms with van der Waals surface area (Å²) >= 11 is 1.72. The van der Waals surface area contributed by atoms with Crippen LogP contribution in [0, 0.1) is 5.92 Å². The van der Waals surface area contributed by atoms with E-state index in [1.54, 1.807) is 17.7 Å². The number of thiophene rings is 1. The molecule has 4 rings (SSSR count). The van der Waals surface area contributed by atoms with Gasteiger partial charge in [0.25, 0.3) is 0 Å². The van der Waals surface area contributed by atoms with Crippen LogP contribution < -0.4 is 10.6 Å². The number of hydrogen-bond acceptors (Lipinski definition) is 5. The summed E-state index contributed by atoms with van der Waals surface area (Å²) in [7, 11) is 0. The van der Waals surface area contributed by atoms with E-state index in [4.69, 9.17) is 5.73 Å². The summed E-state index contributed by atoms with van der Waals surface area (Å²) in [5, 5.41) is 1.08. The van der Waals surface area contributed by atoms with Crippen molar-refractivity contribution in [2.24, 2.45) is 11.7 Å². The molecular formula is C17H22N4OS. The molecule has 3 atom stereocenters. The molecule has 2 fully saturated rings. The molecule has 1 aliphatic carbocycles. The van der Waals surface area contributed by atoms with E-state index >= 15 is 0 Å². The van der Waals surface area contributed by atoms with Crippen LogP contribution in [0.1, 0.15) is 43.9 Å². The predicted octanol–water partition coefficient (Wildman–Crippen LogP) is 2.88. The van der Waals surface area contributed by atoms with Crippen LogP contribution in [0.3, 0.4) is 0 Å². The van der Waals surface area contributed by atoms with E-state index in [1.165, 1.54) is 24.1 Å². The molecule has 1 aliphatic heterocycles. The van der Waals surface area contributed by atoms with E-state index in [2.05, 4.69) is 27.9 Å². The molecule has 0 bridgehead atoms. The Balaban J connectivity index is 1.83. The van der Waals surface area contributed by atoms with Gasteiger partial charge >= 0.3 is 0 Å². The lowest BCUT2D eigenvalue weighted by atomic mass is 9.84. The molecule has 23 heavy (non-hydrogen) atoms. The number of hydrogen-bond donors (Lipinski definition) is 1. The number of carbonyl (C=O) groups excluding carboxylic acids is 1.